The van der Waals surface area contributed by atoms with Crippen molar-refractivity contribution < 1.29 is 4.39 Å². The third-order valence-electron chi connectivity index (χ3n) is 4.06. The van der Waals surface area contributed by atoms with Crippen LogP contribution < -0.4 is 10.6 Å². The Hall–Kier alpha value is -2.12. The van der Waals surface area contributed by atoms with E-state index in [4.69, 9.17) is 0 Å². The van der Waals surface area contributed by atoms with Crippen LogP contribution in [0, 0.1) is 5.82 Å². The van der Waals surface area contributed by atoms with Crippen LogP contribution in [-0.4, -0.2) is 28.5 Å². The number of hydrogen-bond donors (Lipinski definition) is 2. The van der Waals surface area contributed by atoms with Gasteiger partial charge >= 0.3 is 0 Å². The number of benzene rings is 2. The van der Waals surface area contributed by atoms with Crippen molar-refractivity contribution in [2.75, 3.05) is 18.4 Å². The summed E-state index contributed by atoms with van der Waals surface area (Å²) in [5.41, 5.74) is 3.04. The largest absolute Gasteiger partial charge is 0.363 e. The van der Waals surface area contributed by atoms with Gasteiger partial charge in [0.25, 0.3) is 0 Å². The van der Waals surface area contributed by atoms with Crippen molar-refractivity contribution in [2.45, 2.75) is 18.6 Å². The SMILES string of the molecule is CC1CN/C(=N/c2ccc(CCNc3nc4ccc(F)cc4s3)cc2)S1. The summed E-state index contributed by atoms with van der Waals surface area (Å²) in [4.78, 5) is 9.10. The van der Waals surface area contributed by atoms with E-state index in [-0.39, 0.29) is 5.82 Å². The number of thioether (sulfide) groups is 1. The molecule has 2 N–H and O–H groups in total. The fourth-order valence-corrected chi connectivity index (χ4v) is 4.50. The van der Waals surface area contributed by atoms with E-state index in [1.165, 1.54) is 29.0 Å². The highest BCUT2D eigenvalue weighted by atomic mass is 32.2. The minimum absolute atomic E-state index is 0.225. The number of nitrogens with one attached hydrogen (secondary N) is 2. The Bertz CT molecular complexity index is 936. The van der Waals surface area contributed by atoms with Gasteiger partial charge in [0.2, 0.25) is 0 Å². The van der Waals surface area contributed by atoms with E-state index >= 15 is 0 Å². The van der Waals surface area contributed by atoms with Gasteiger partial charge in [-0.25, -0.2) is 14.4 Å². The average molecular weight is 387 g/mol. The summed E-state index contributed by atoms with van der Waals surface area (Å²) >= 11 is 3.26. The van der Waals surface area contributed by atoms with Crippen molar-refractivity contribution in [2.24, 2.45) is 4.99 Å². The Labute approximate surface area is 159 Å². The van der Waals surface area contributed by atoms with E-state index in [9.17, 15) is 4.39 Å². The van der Waals surface area contributed by atoms with E-state index in [1.54, 1.807) is 17.8 Å². The van der Waals surface area contributed by atoms with Gasteiger partial charge in [0.05, 0.1) is 15.9 Å². The second-order valence-electron chi connectivity index (χ2n) is 6.20. The van der Waals surface area contributed by atoms with Gasteiger partial charge in [-0.2, -0.15) is 0 Å². The fraction of sp³-hybridized carbons (Fsp3) is 0.263. The molecule has 1 aromatic heterocycles. The zero-order valence-electron chi connectivity index (χ0n) is 14.3. The van der Waals surface area contributed by atoms with Crippen molar-refractivity contribution in [3.05, 3.63) is 53.8 Å². The monoisotopic (exact) mass is 386 g/mol. The number of aliphatic imine (C=N–C) groups is 1. The molecule has 1 aliphatic rings. The summed E-state index contributed by atoms with van der Waals surface area (Å²) in [7, 11) is 0. The molecule has 0 aliphatic carbocycles. The molecule has 0 spiro atoms. The van der Waals surface area contributed by atoms with Crippen LogP contribution in [0.15, 0.2) is 47.5 Å². The highest BCUT2D eigenvalue weighted by molar-refractivity contribution is 8.14. The molecule has 4 rings (SSSR count). The summed E-state index contributed by atoms with van der Waals surface area (Å²) in [6, 6.07) is 13.0. The van der Waals surface area contributed by atoms with Gasteiger partial charge in [0.1, 0.15) is 5.82 Å². The number of amidine groups is 1. The molecule has 7 heteroatoms. The van der Waals surface area contributed by atoms with E-state index in [0.29, 0.717) is 5.25 Å². The van der Waals surface area contributed by atoms with Crippen LogP contribution in [0.4, 0.5) is 15.2 Å². The standard InChI is InChI=1S/C19H19FN4S2/c1-12-11-22-19(25-12)23-15-5-2-13(3-6-15)8-9-21-18-24-16-7-4-14(20)10-17(16)26-18/h2-7,10,12H,8-9,11H2,1H3,(H,21,24)(H,22,23). The molecular formula is C19H19FN4S2. The molecule has 1 unspecified atom stereocenters. The lowest BCUT2D eigenvalue weighted by molar-refractivity contribution is 0.630. The minimum Gasteiger partial charge on any atom is -0.363 e. The summed E-state index contributed by atoms with van der Waals surface area (Å²) in [5, 5.41) is 9.04. The average Bonchev–Trinajstić information content (AvgIpc) is 3.21. The van der Waals surface area contributed by atoms with E-state index < -0.39 is 0 Å². The second kappa shape index (κ2) is 7.63. The zero-order chi connectivity index (χ0) is 17.9. The van der Waals surface area contributed by atoms with E-state index in [0.717, 1.165) is 45.7 Å². The summed E-state index contributed by atoms with van der Waals surface area (Å²) in [6.07, 6.45) is 0.894. The molecule has 0 radical (unpaired) electrons. The van der Waals surface area contributed by atoms with Crippen LogP contribution in [0.25, 0.3) is 10.2 Å². The number of anilines is 1. The molecule has 26 heavy (non-hydrogen) atoms. The van der Waals surface area contributed by atoms with Crippen LogP contribution in [0.3, 0.4) is 0 Å². The molecule has 4 nitrogen and oxygen atoms in total. The summed E-state index contributed by atoms with van der Waals surface area (Å²) in [5.74, 6) is -0.225. The lowest BCUT2D eigenvalue weighted by Gasteiger charge is -2.04. The molecule has 1 saturated heterocycles. The Morgan fingerprint density at radius 3 is 2.88 bits per heavy atom. The molecule has 2 aromatic carbocycles. The van der Waals surface area contributed by atoms with Gasteiger partial charge in [0, 0.05) is 18.3 Å². The van der Waals surface area contributed by atoms with E-state index in [1.807, 2.05) is 12.1 Å². The molecule has 2 heterocycles. The maximum atomic E-state index is 13.2. The lowest BCUT2D eigenvalue weighted by Crippen LogP contribution is -2.14. The molecule has 0 amide bonds. The van der Waals surface area contributed by atoms with Crippen LogP contribution >= 0.6 is 23.1 Å². The van der Waals surface area contributed by atoms with Crippen LogP contribution in [-0.2, 0) is 6.42 Å². The molecule has 1 atom stereocenters. The van der Waals surface area contributed by atoms with Crippen molar-refractivity contribution in [1.29, 1.82) is 0 Å². The first kappa shape index (κ1) is 17.3. The first-order chi connectivity index (χ1) is 12.7. The smallest absolute Gasteiger partial charge is 0.183 e. The van der Waals surface area contributed by atoms with Gasteiger partial charge in [-0.3, -0.25) is 0 Å². The van der Waals surface area contributed by atoms with Crippen molar-refractivity contribution in [3.63, 3.8) is 0 Å². The zero-order valence-corrected chi connectivity index (χ0v) is 16.0. The normalized spacial score (nSPS) is 18.4. The van der Waals surface area contributed by atoms with Crippen LogP contribution in [0.2, 0.25) is 0 Å². The quantitative estimate of drug-likeness (QED) is 0.661. The first-order valence-electron chi connectivity index (χ1n) is 8.54. The predicted octanol–water partition coefficient (Wildman–Crippen LogP) is 4.80. The third-order valence-corrected chi connectivity index (χ3v) is 6.06. The molecule has 0 bridgehead atoms. The third kappa shape index (κ3) is 4.16. The maximum Gasteiger partial charge on any atom is 0.183 e. The molecule has 0 saturated carbocycles. The van der Waals surface area contributed by atoms with Crippen LogP contribution in [0.1, 0.15) is 12.5 Å². The molecular weight excluding hydrogens is 367 g/mol. The maximum absolute atomic E-state index is 13.2. The Balaban J connectivity index is 1.32. The number of aromatic nitrogens is 1. The summed E-state index contributed by atoms with van der Waals surface area (Å²) < 4.78 is 14.1. The van der Waals surface area contributed by atoms with Gasteiger partial charge < -0.3 is 10.6 Å². The molecule has 3 aromatic rings. The molecule has 1 fully saturated rings. The minimum atomic E-state index is -0.225. The van der Waals surface area contributed by atoms with Crippen LogP contribution in [0.5, 0.6) is 0 Å². The van der Waals surface area contributed by atoms with Crippen molar-refractivity contribution in [3.8, 4) is 0 Å². The second-order valence-corrected chi connectivity index (χ2v) is 8.66. The highest BCUT2D eigenvalue weighted by Crippen LogP contribution is 2.26. The topological polar surface area (TPSA) is 49.3 Å². The number of nitrogens with zero attached hydrogens (tertiary/aromatic N) is 2. The number of thiazole rings is 1. The van der Waals surface area contributed by atoms with Gasteiger partial charge in [-0.05, 0) is 42.3 Å². The fourth-order valence-electron chi connectivity index (χ4n) is 2.71. The van der Waals surface area contributed by atoms with Gasteiger partial charge in [-0.15, -0.1) is 0 Å². The Morgan fingerprint density at radius 1 is 1.27 bits per heavy atom. The Morgan fingerprint density at radius 2 is 2.12 bits per heavy atom. The molecule has 134 valence electrons. The predicted molar refractivity (Wildman–Crippen MR) is 110 cm³/mol. The lowest BCUT2D eigenvalue weighted by atomic mass is 10.1. The molecule has 1 aliphatic heterocycles. The van der Waals surface area contributed by atoms with Crippen molar-refractivity contribution in [1.82, 2.24) is 10.3 Å². The number of fused-ring (bicyclic) bond motifs is 1. The first-order valence-corrected chi connectivity index (χ1v) is 10.2. The number of rotatable bonds is 5. The summed E-state index contributed by atoms with van der Waals surface area (Å²) in [6.45, 7) is 3.95. The Kier molecular flexibility index (Phi) is 5.08. The van der Waals surface area contributed by atoms with E-state index in [2.05, 4.69) is 39.7 Å². The highest BCUT2D eigenvalue weighted by Gasteiger charge is 2.15. The van der Waals surface area contributed by atoms with Gasteiger partial charge in [0.15, 0.2) is 10.3 Å². The number of halogens is 1. The van der Waals surface area contributed by atoms with Gasteiger partial charge in [-0.1, -0.05) is 42.2 Å². The van der Waals surface area contributed by atoms with Crippen molar-refractivity contribution >= 4 is 49.3 Å². The number of hydrogen-bond acceptors (Lipinski definition) is 5.